The maximum atomic E-state index is 12.4. The molecule has 7 heteroatoms. The van der Waals surface area contributed by atoms with Crippen LogP contribution in [0.15, 0.2) is 57.1 Å². The summed E-state index contributed by atoms with van der Waals surface area (Å²) >= 11 is 1.46. The first kappa shape index (κ1) is 20.8. The summed E-state index contributed by atoms with van der Waals surface area (Å²) in [7, 11) is 1.62. The highest BCUT2D eigenvalue weighted by Crippen LogP contribution is 2.27. The summed E-state index contributed by atoms with van der Waals surface area (Å²) < 4.78 is 16.0. The number of benzene rings is 2. The molecule has 0 saturated carbocycles. The third-order valence-corrected chi connectivity index (χ3v) is 5.97. The number of rotatable bonds is 6. The second-order valence-corrected chi connectivity index (χ2v) is 8.09. The van der Waals surface area contributed by atoms with Crippen LogP contribution in [0, 0.1) is 13.8 Å². The molecule has 158 valence electrons. The topological polar surface area (TPSA) is 78.6 Å². The zero-order valence-electron chi connectivity index (χ0n) is 17.4. The van der Waals surface area contributed by atoms with Crippen molar-refractivity contribution in [1.29, 1.82) is 0 Å². The lowest BCUT2D eigenvalue weighted by atomic mass is 10.0. The van der Waals surface area contributed by atoms with Crippen LogP contribution >= 0.6 is 11.3 Å². The van der Waals surface area contributed by atoms with E-state index in [0.717, 1.165) is 32.8 Å². The molecule has 0 aliphatic carbocycles. The van der Waals surface area contributed by atoms with E-state index in [1.165, 1.54) is 17.4 Å². The number of aromatic nitrogens is 1. The van der Waals surface area contributed by atoms with E-state index in [2.05, 4.69) is 4.98 Å². The first-order chi connectivity index (χ1) is 14.9. The Hall–Kier alpha value is -3.45. The monoisotopic (exact) mass is 435 g/mol. The molecule has 0 atom stereocenters. The largest absolute Gasteiger partial charge is 0.497 e. The fourth-order valence-corrected chi connectivity index (χ4v) is 4.05. The Morgan fingerprint density at radius 1 is 1.13 bits per heavy atom. The van der Waals surface area contributed by atoms with Gasteiger partial charge < -0.3 is 13.9 Å². The predicted octanol–water partition coefficient (Wildman–Crippen LogP) is 4.83. The maximum Gasteiger partial charge on any atom is 0.336 e. The first-order valence-corrected chi connectivity index (χ1v) is 10.6. The van der Waals surface area contributed by atoms with Crippen LogP contribution in [0.5, 0.6) is 5.75 Å². The molecule has 4 aromatic rings. The molecule has 2 heterocycles. The molecular formula is C24H21NO5S. The summed E-state index contributed by atoms with van der Waals surface area (Å²) in [4.78, 5) is 28.8. The van der Waals surface area contributed by atoms with Crippen molar-refractivity contribution < 1.29 is 18.7 Å². The van der Waals surface area contributed by atoms with Crippen molar-refractivity contribution in [1.82, 2.24) is 4.98 Å². The summed E-state index contributed by atoms with van der Waals surface area (Å²) in [6, 6.07) is 12.7. The number of carbonyl (C=O) groups excluding carboxylic acids is 1. The minimum absolute atomic E-state index is 0.00366. The summed E-state index contributed by atoms with van der Waals surface area (Å²) in [5, 5.41) is 3.41. The molecule has 2 aromatic heterocycles. The quantitative estimate of drug-likeness (QED) is 0.319. The van der Waals surface area contributed by atoms with Gasteiger partial charge in [-0.15, -0.1) is 11.3 Å². The van der Waals surface area contributed by atoms with E-state index >= 15 is 0 Å². The van der Waals surface area contributed by atoms with Gasteiger partial charge in [0.15, 0.2) is 0 Å². The van der Waals surface area contributed by atoms with Crippen molar-refractivity contribution in [2.75, 3.05) is 7.11 Å². The number of nitrogens with zero attached hydrogens (tertiary/aromatic N) is 1. The van der Waals surface area contributed by atoms with Crippen LogP contribution < -0.4 is 10.4 Å². The van der Waals surface area contributed by atoms with Gasteiger partial charge >= 0.3 is 11.6 Å². The van der Waals surface area contributed by atoms with Crippen LogP contribution in [-0.2, 0) is 22.6 Å². The molecule has 0 aliphatic rings. The molecule has 0 aliphatic heterocycles. The van der Waals surface area contributed by atoms with Gasteiger partial charge in [0.05, 0.1) is 19.2 Å². The minimum Gasteiger partial charge on any atom is -0.497 e. The molecule has 0 N–H and O–H groups in total. The highest BCUT2D eigenvalue weighted by Gasteiger charge is 2.13. The van der Waals surface area contributed by atoms with E-state index in [9.17, 15) is 9.59 Å². The lowest BCUT2D eigenvalue weighted by Crippen LogP contribution is -2.10. The van der Waals surface area contributed by atoms with Crippen LogP contribution in [0.1, 0.15) is 22.4 Å². The predicted molar refractivity (Wildman–Crippen MR) is 120 cm³/mol. The summed E-state index contributed by atoms with van der Waals surface area (Å²) in [6.45, 7) is 3.93. The lowest BCUT2D eigenvalue weighted by Gasteiger charge is -2.09. The first-order valence-electron chi connectivity index (χ1n) is 9.71. The second kappa shape index (κ2) is 8.73. The number of hydrogen-bond acceptors (Lipinski definition) is 7. The van der Waals surface area contributed by atoms with Crippen molar-refractivity contribution in [2.45, 2.75) is 26.9 Å². The van der Waals surface area contributed by atoms with Gasteiger partial charge in [-0.1, -0.05) is 12.1 Å². The number of ether oxygens (including phenoxy) is 2. The summed E-state index contributed by atoms with van der Waals surface area (Å²) in [6.07, 6.45) is 0.0535. The second-order valence-electron chi connectivity index (χ2n) is 7.24. The van der Waals surface area contributed by atoms with Gasteiger partial charge in [-0.3, -0.25) is 4.79 Å². The lowest BCUT2D eigenvalue weighted by molar-refractivity contribution is -0.144. The maximum absolute atomic E-state index is 12.4. The van der Waals surface area contributed by atoms with E-state index in [1.54, 1.807) is 7.11 Å². The molecule has 6 nitrogen and oxygen atoms in total. The molecule has 31 heavy (non-hydrogen) atoms. The molecule has 0 saturated heterocycles. The van der Waals surface area contributed by atoms with E-state index in [0.29, 0.717) is 16.8 Å². The van der Waals surface area contributed by atoms with Gasteiger partial charge in [-0.25, -0.2) is 9.78 Å². The Kier molecular flexibility index (Phi) is 5.86. The highest BCUT2D eigenvalue weighted by atomic mass is 32.1. The number of methoxy groups -OCH3 is 1. The Labute approximate surface area is 183 Å². The molecule has 0 radical (unpaired) electrons. The van der Waals surface area contributed by atoms with E-state index in [1.807, 2.05) is 55.6 Å². The fraction of sp³-hybridized carbons (Fsp3) is 0.208. The van der Waals surface area contributed by atoms with E-state index in [4.69, 9.17) is 13.9 Å². The van der Waals surface area contributed by atoms with E-state index < -0.39 is 11.6 Å². The van der Waals surface area contributed by atoms with Crippen molar-refractivity contribution in [3.05, 3.63) is 80.6 Å². The number of thiazole rings is 1. The van der Waals surface area contributed by atoms with E-state index in [-0.39, 0.29) is 13.0 Å². The van der Waals surface area contributed by atoms with Gasteiger partial charge in [0, 0.05) is 28.0 Å². The zero-order valence-corrected chi connectivity index (χ0v) is 18.2. The molecular weight excluding hydrogens is 414 g/mol. The van der Waals surface area contributed by atoms with Crippen LogP contribution in [0.25, 0.3) is 21.5 Å². The average molecular weight is 436 g/mol. The number of hydrogen-bond donors (Lipinski definition) is 0. The van der Waals surface area contributed by atoms with Crippen molar-refractivity contribution in [2.24, 2.45) is 0 Å². The minimum atomic E-state index is -0.468. The average Bonchev–Trinajstić information content (AvgIpc) is 3.22. The Bertz CT molecular complexity index is 1320. The molecule has 0 unspecified atom stereocenters. The van der Waals surface area contributed by atoms with Crippen molar-refractivity contribution in [3.63, 3.8) is 0 Å². The Morgan fingerprint density at radius 3 is 2.74 bits per heavy atom. The normalized spacial score (nSPS) is 10.9. The standard InChI is InChI=1S/C24H21NO5S/c1-14-7-20-17(10-23(27)30-21(20)8-15(14)2)12-29-22(26)11-18-13-31-24(25-18)16-5-4-6-19(9-16)28-3/h4-10,13H,11-12H2,1-3H3. The van der Waals surface area contributed by atoms with Crippen LogP contribution in [0.3, 0.4) is 0 Å². The van der Waals surface area contributed by atoms with Crippen LogP contribution in [-0.4, -0.2) is 18.1 Å². The van der Waals surface area contributed by atoms with Gasteiger partial charge in [-0.05, 0) is 49.2 Å². The summed E-state index contributed by atoms with van der Waals surface area (Å²) in [5.41, 5.74) is 4.31. The third-order valence-electron chi connectivity index (χ3n) is 5.03. The fourth-order valence-electron chi connectivity index (χ4n) is 3.24. The summed E-state index contributed by atoms with van der Waals surface area (Å²) in [5.74, 6) is 0.339. The molecule has 2 aromatic carbocycles. The number of esters is 1. The Morgan fingerprint density at radius 2 is 1.94 bits per heavy atom. The number of carbonyl (C=O) groups is 1. The molecule has 4 rings (SSSR count). The van der Waals surface area contributed by atoms with Gasteiger partial charge in [0.25, 0.3) is 0 Å². The SMILES string of the molecule is COc1cccc(-c2nc(CC(=O)OCc3cc(=O)oc4cc(C)c(C)cc34)cs2)c1. The van der Waals surface area contributed by atoms with Gasteiger partial charge in [0.1, 0.15) is 22.9 Å². The smallest absolute Gasteiger partial charge is 0.336 e. The van der Waals surface area contributed by atoms with Crippen molar-refractivity contribution in [3.8, 4) is 16.3 Å². The highest BCUT2D eigenvalue weighted by molar-refractivity contribution is 7.13. The molecule has 0 amide bonds. The van der Waals surface area contributed by atoms with Gasteiger partial charge in [0.2, 0.25) is 0 Å². The number of aryl methyl sites for hydroxylation is 2. The number of fused-ring (bicyclic) bond motifs is 1. The van der Waals surface area contributed by atoms with Crippen LogP contribution in [0.2, 0.25) is 0 Å². The zero-order chi connectivity index (χ0) is 22.0. The molecule has 0 fully saturated rings. The molecule has 0 bridgehead atoms. The van der Waals surface area contributed by atoms with Crippen molar-refractivity contribution >= 4 is 28.3 Å². The van der Waals surface area contributed by atoms with Gasteiger partial charge in [-0.2, -0.15) is 0 Å². The van der Waals surface area contributed by atoms with Crippen LogP contribution in [0.4, 0.5) is 0 Å². The Balaban J connectivity index is 1.46. The molecule has 0 spiro atoms. The third kappa shape index (κ3) is 4.67.